The van der Waals surface area contributed by atoms with Crippen molar-refractivity contribution in [3.05, 3.63) is 40.6 Å². The molecule has 24 heavy (non-hydrogen) atoms. The Bertz CT molecular complexity index is 652. The molecule has 1 N–H and O–H groups in total. The lowest BCUT2D eigenvalue weighted by Crippen LogP contribution is -2.46. The molecule has 1 aliphatic rings. The summed E-state index contributed by atoms with van der Waals surface area (Å²) in [6.45, 7) is 4.54. The standard InChI is InChI=1S/C18H26N4OS/c1-14(16-6-4-10-24-16)12-20-18(23)22-8-3-5-15(13-22)11-17-19-7-9-21(17)2/h4,6-7,9-10,14-15H,3,5,8,11-13H2,1-2H3,(H,20,23)/t14-,15+/m0/s1. The Morgan fingerprint density at radius 3 is 3.12 bits per heavy atom. The van der Waals surface area contributed by atoms with Crippen LogP contribution in [0.25, 0.3) is 0 Å². The lowest BCUT2D eigenvalue weighted by molar-refractivity contribution is 0.164. The molecule has 0 radical (unpaired) electrons. The number of hydrogen-bond donors (Lipinski definition) is 1. The number of carbonyl (C=O) groups is 1. The Labute approximate surface area is 147 Å². The summed E-state index contributed by atoms with van der Waals surface area (Å²) in [6, 6.07) is 4.26. The third-order valence-corrected chi connectivity index (χ3v) is 5.89. The third kappa shape index (κ3) is 4.17. The summed E-state index contributed by atoms with van der Waals surface area (Å²) < 4.78 is 2.07. The highest BCUT2D eigenvalue weighted by molar-refractivity contribution is 7.10. The molecule has 130 valence electrons. The van der Waals surface area contributed by atoms with Gasteiger partial charge in [0, 0.05) is 56.3 Å². The van der Waals surface area contributed by atoms with Gasteiger partial charge >= 0.3 is 6.03 Å². The van der Waals surface area contributed by atoms with Gasteiger partial charge in [-0.2, -0.15) is 0 Å². The monoisotopic (exact) mass is 346 g/mol. The maximum atomic E-state index is 12.5. The quantitative estimate of drug-likeness (QED) is 0.903. The second-order valence-electron chi connectivity index (χ2n) is 6.72. The molecule has 0 aliphatic carbocycles. The van der Waals surface area contributed by atoms with Crippen molar-refractivity contribution in [2.45, 2.75) is 32.1 Å². The molecular weight excluding hydrogens is 320 g/mol. The van der Waals surface area contributed by atoms with E-state index in [0.717, 1.165) is 31.8 Å². The number of imidazole rings is 1. The van der Waals surface area contributed by atoms with Gasteiger partial charge in [-0.3, -0.25) is 0 Å². The number of carbonyl (C=O) groups excluding carboxylic acids is 1. The number of piperidine rings is 1. The Kier molecular flexibility index (Phi) is 5.56. The van der Waals surface area contributed by atoms with Gasteiger partial charge in [0.05, 0.1) is 0 Å². The highest BCUT2D eigenvalue weighted by Gasteiger charge is 2.25. The number of thiophene rings is 1. The topological polar surface area (TPSA) is 50.2 Å². The second kappa shape index (κ2) is 7.83. The fourth-order valence-corrected chi connectivity index (χ4v) is 4.08. The zero-order valence-electron chi connectivity index (χ0n) is 14.4. The molecule has 2 aromatic heterocycles. The van der Waals surface area contributed by atoms with Crippen molar-refractivity contribution in [2.24, 2.45) is 13.0 Å². The number of amides is 2. The first-order chi connectivity index (χ1) is 11.6. The van der Waals surface area contributed by atoms with E-state index in [1.807, 2.05) is 24.3 Å². The molecule has 0 bridgehead atoms. The van der Waals surface area contributed by atoms with E-state index in [0.29, 0.717) is 18.4 Å². The van der Waals surface area contributed by atoms with Crippen molar-refractivity contribution < 1.29 is 4.79 Å². The number of aromatic nitrogens is 2. The highest BCUT2D eigenvalue weighted by Crippen LogP contribution is 2.22. The molecule has 2 amide bonds. The van der Waals surface area contributed by atoms with Crippen molar-refractivity contribution in [1.82, 2.24) is 19.8 Å². The van der Waals surface area contributed by atoms with Crippen molar-refractivity contribution >= 4 is 17.4 Å². The van der Waals surface area contributed by atoms with Gasteiger partial charge in [0.2, 0.25) is 0 Å². The normalized spacial score (nSPS) is 19.2. The molecule has 0 saturated carbocycles. The van der Waals surface area contributed by atoms with E-state index in [9.17, 15) is 4.79 Å². The van der Waals surface area contributed by atoms with Crippen LogP contribution in [0.15, 0.2) is 29.9 Å². The van der Waals surface area contributed by atoms with E-state index in [2.05, 4.69) is 39.3 Å². The van der Waals surface area contributed by atoms with Crippen molar-refractivity contribution in [3.8, 4) is 0 Å². The van der Waals surface area contributed by atoms with Crippen LogP contribution < -0.4 is 5.32 Å². The average molecular weight is 347 g/mol. The molecule has 3 rings (SSSR count). The van der Waals surface area contributed by atoms with Crippen LogP contribution in [0.4, 0.5) is 4.79 Å². The van der Waals surface area contributed by atoms with Crippen molar-refractivity contribution in [3.63, 3.8) is 0 Å². The molecule has 2 aromatic rings. The number of urea groups is 1. The lowest BCUT2D eigenvalue weighted by atomic mass is 9.94. The molecule has 1 saturated heterocycles. The molecule has 0 spiro atoms. The van der Waals surface area contributed by atoms with Crippen LogP contribution in [0.1, 0.15) is 36.4 Å². The SMILES string of the molecule is C[C@@H](CNC(=O)N1CCC[C@H](Cc2nccn2C)C1)c1cccs1. The Hall–Kier alpha value is -1.82. The van der Waals surface area contributed by atoms with Gasteiger partial charge in [-0.05, 0) is 30.2 Å². The molecule has 0 unspecified atom stereocenters. The summed E-state index contributed by atoms with van der Waals surface area (Å²) in [4.78, 5) is 20.2. The summed E-state index contributed by atoms with van der Waals surface area (Å²) >= 11 is 1.75. The van der Waals surface area contributed by atoms with Gasteiger partial charge in [-0.25, -0.2) is 9.78 Å². The van der Waals surface area contributed by atoms with Gasteiger partial charge in [0.25, 0.3) is 0 Å². The first-order valence-electron chi connectivity index (χ1n) is 8.66. The van der Waals surface area contributed by atoms with E-state index >= 15 is 0 Å². The smallest absolute Gasteiger partial charge is 0.317 e. The number of likely N-dealkylation sites (tertiary alicyclic amines) is 1. The first kappa shape index (κ1) is 17.0. The van der Waals surface area contributed by atoms with Crippen LogP contribution in [0.3, 0.4) is 0 Å². The van der Waals surface area contributed by atoms with Crippen LogP contribution in [-0.4, -0.2) is 40.1 Å². The minimum atomic E-state index is 0.0722. The highest BCUT2D eigenvalue weighted by atomic mass is 32.1. The van der Waals surface area contributed by atoms with Crippen LogP contribution in [-0.2, 0) is 13.5 Å². The van der Waals surface area contributed by atoms with Crippen LogP contribution in [0, 0.1) is 5.92 Å². The van der Waals surface area contributed by atoms with Crippen LogP contribution in [0.5, 0.6) is 0 Å². The number of aryl methyl sites for hydroxylation is 1. The summed E-state index contributed by atoms with van der Waals surface area (Å²) in [5.74, 6) is 1.97. The fourth-order valence-electron chi connectivity index (χ4n) is 3.29. The van der Waals surface area contributed by atoms with Crippen molar-refractivity contribution in [1.29, 1.82) is 0 Å². The number of nitrogens with zero attached hydrogens (tertiary/aromatic N) is 3. The molecular formula is C18H26N4OS. The second-order valence-corrected chi connectivity index (χ2v) is 7.69. The Balaban J connectivity index is 1.49. The molecule has 5 nitrogen and oxygen atoms in total. The van der Waals surface area contributed by atoms with Gasteiger partial charge in [0.15, 0.2) is 0 Å². The van der Waals surface area contributed by atoms with E-state index in [4.69, 9.17) is 0 Å². The largest absolute Gasteiger partial charge is 0.338 e. The average Bonchev–Trinajstić information content (AvgIpc) is 3.25. The van der Waals surface area contributed by atoms with E-state index in [-0.39, 0.29) is 6.03 Å². The summed E-state index contributed by atoms with van der Waals surface area (Å²) in [7, 11) is 2.03. The number of hydrogen-bond acceptors (Lipinski definition) is 3. The molecule has 3 heterocycles. The number of rotatable bonds is 5. The summed E-state index contributed by atoms with van der Waals surface area (Å²) in [6.07, 6.45) is 7.01. The minimum absolute atomic E-state index is 0.0722. The predicted molar refractivity (Wildman–Crippen MR) is 97.3 cm³/mol. The molecule has 1 fully saturated rings. The Morgan fingerprint density at radius 1 is 1.54 bits per heavy atom. The fraction of sp³-hybridized carbons (Fsp3) is 0.556. The van der Waals surface area contributed by atoms with E-state index in [1.54, 1.807) is 11.3 Å². The third-order valence-electron chi connectivity index (χ3n) is 4.79. The minimum Gasteiger partial charge on any atom is -0.338 e. The zero-order chi connectivity index (χ0) is 16.9. The Morgan fingerprint density at radius 2 is 2.42 bits per heavy atom. The summed E-state index contributed by atoms with van der Waals surface area (Å²) in [5, 5.41) is 5.19. The molecule has 1 aliphatic heterocycles. The maximum absolute atomic E-state index is 12.5. The number of nitrogens with one attached hydrogen (secondary N) is 1. The van der Waals surface area contributed by atoms with Crippen LogP contribution in [0.2, 0.25) is 0 Å². The van der Waals surface area contributed by atoms with Crippen molar-refractivity contribution in [2.75, 3.05) is 19.6 Å². The molecule has 0 aromatic carbocycles. The van der Waals surface area contributed by atoms with Gasteiger partial charge in [-0.15, -0.1) is 11.3 Å². The molecule has 2 atom stereocenters. The molecule has 6 heteroatoms. The van der Waals surface area contributed by atoms with E-state index < -0.39 is 0 Å². The zero-order valence-corrected chi connectivity index (χ0v) is 15.3. The van der Waals surface area contributed by atoms with Gasteiger partial charge < -0.3 is 14.8 Å². The van der Waals surface area contributed by atoms with Gasteiger partial charge in [-0.1, -0.05) is 13.0 Å². The summed E-state index contributed by atoms with van der Waals surface area (Å²) in [5.41, 5.74) is 0. The maximum Gasteiger partial charge on any atom is 0.317 e. The first-order valence-corrected chi connectivity index (χ1v) is 9.54. The predicted octanol–water partition coefficient (Wildman–Crippen LogP) is 3.25. The van der Waals surface area contributed by atoms with E-state index in [1.165, 1.54) is 11.3 Å². The van der Waals surface area contributed by atoms with Gasteiger partial charge in [0.1, 0.15) is 5.82 Å². The van der Waals surface area contributed by atoms with Crippen LogP contribution >= 0.6 is 11.3 Å². The lowest BCUT2D eigenvalue weighted by Gasteiger charge is -2.33.